The molecule has 0 unspecified atom stereocenters. The Hall–Kier alpha value is -0.270. The van der Waals surface area contributed by atoms with Crippen molar-refractivity contribution in [2.75, 3.05) is 19.6 Å². The standard InChI is InChI=1S/C9H14IN3O.ClH/c1-2-11-3-4-12-9(14)8-5-7(10)6-13-8;/h5-6,11,13H,2-4H2,1H3,(H,12,14);1H. The number of carbonyl (C=O) groups excluding carboxylic acids is 1. The fourth-order valence-electron chi connectivity index (χ4n) is 1.04. The molecule has 3 N–H and O–H groups in total. The summed E-state index contributed by atoms with van der Waals surface area (Å²) in [4.78, 5) is 14.4. The molecule has 0 radical (unpaired) electrons. The lowest BCUT2D eigenvalue weighted by atomic mass is 10.4. The number of aromatic nitrogens is 1. The Morgan fingerprint density at radius 1 is 1.53 bits per heavy atom. The maximum absolute atomic E-state index is 11.4. The number of likely N-dealkylation sites (N-methyl/N-ethyl adjacent to an activating group) is 1. The van der Waals surface area contributed by atoms with Crippen LogP contribution < -0.4 is 10.6 Å². The number of carbonyl (C=O) groups is 1. The summed E-state index contributed by atoms with van der Waals surface area (Å²) < 4.78 is 1.04. The number of rotatable bonds is 5. The highest BCUT2D eigenvalue weighted by atomic mass is 127. The van der Waals surface area contributed by atoms with E-state index in [1.807, 2.05) is 13.0 Å². The van der Waals surface area contributed by atoms with Crippen LogP contribution in [0, 0.1) is 3.57 Å². The minimum Gasteiger partial charge on any atom is -0.356 e. The van der Waals surface area contributed by atoms with Crippen LogP contribution in [0.25, 0.3) is 0 Å². The summed E-state index contributed by atoms with van der Waals surface area (Å²) >= 11 is 2.16. The summed E-state index contributed by atoms with van der Waals surface area (Å²) in [7, 11) is 0. The highest BCUT2D eigenvalue weighted by Gasteiger charge is 2.05. The van der Waals surface area contributed by atoms with Gasteiger partial charge in [-0.05, 0) is 35.2 Å². The van der Waals surface area contributed by atoms with Crippen molar-refractivity contribution in [3.63, 3.8) is 0 Å². The molecule has 0 aliphatic carbocycles. The van der Waals surface area contributed by atoms with Gasteiger partial charge in [0.15, 0.2) is 0 Å². The molecule has 0 aromatic carbocycles. The Kier molecular flexibility index (Phi) is 7.81. The van der Waals surface area contributed by atoms with Gasteiger partial charge in [-0.2, -0.15) is 0 Å². The Morgan fingerprint density at radius 3 is 2.80 bits per heavy atom. The van der Waals surface area contributed by atoms with Crippen molar-refractivity contribution in [1.29, 1.82) is 0 Å². The summed E-state index contributed by atoms with van der Waals surface area (Å²) in [5.41, 5.74) is 0.617. The highest BCUT2D eigenvalue weighted by molar-refractivity contribution is 14.1. The van der Waals surface area contributed by atoms with E-state index in [1.54, 1.807) is 6.20 Å². The summed E-state index contributed by atoms with van der Waals surface area (Å²) in [5, 5.41) is 5.94. The van der Waals surface area contributed by atoms with Gasteiger partial charge in [0.05, 0.1) is 0 Å². The maximum Gasteiger partial charge on any atom is 0.267 e. The number of halogens is 2. The van der Waals surface area contributed by atoms with Gasteiger partial charge in [0.2, 0.25) is 0 Å². The van der Waals surface area contributed by atoms with E-state index in [1.165, 1.54) is 0 Å². The zero-order valence-electron chi connectivity index (χ0n) is 8.47. The Morgan fingerprint density at radius 2 is 2.27 bits per heavy atom. The van der Waals surface area contributed by atoms with Gasteiger partial charge in [0, 0.05) is 22.9 Å². The van der Waals surface area contributed by atoms with Crippen molar-refractivity contribution in [2.24, 2.45) is 0 Å². The Labute approximate surface area is 109 Å². The topological polar surface area (TPSA) is 56.9 Å². The lowest BCUT2D eigenvalue weighted by Gasteiger charge is -2.03. The number of hydrogen-bond acceptors (Lipinski definition) is 2. The summed E-state index contributed by atoms with van der Waals surface area (Å²) in [6.45, 7) is 4.42. The molecule has 0 aliphatic heterocycles. The van der Waals surface area contributed by atoms with Crippen LogP contribution in [0.15, 0.2) is 12.3 Å². The molecule has 4 nitrogen and oxygen atoms in total. The molecule has 0 aliphatic rings. The van der Waals surface area contributed by atoms with E-state index in [4.69, 9.17) is 0 Å². The lowest BCUT2D eigenvalue weighted by Crippen LogP contribution is -2.31. The average Bonchev–Trinajstić information content (AvgIpc) is 2.59. The monoisotopic (exact) mass is 343 g/mol. The molecule has 1 aromatic rings. The third-order valence-electron chi connectivity index (χ3n) is 1.73. The van der Waals surface area contributed by atoms with E-state index in [9.17, 15) is 4.79 Å². The van der Waals surface area contributed by atoms with E-state index in [2.05, 4.69) is 38.2 Å². The normalized spacial score (nSPS) is 9.47. The minimum absolute atomic E-state index is 0. The summed E-state index contributed by atoms with van der Waals surface area (Å²) in [6.07, 6.45) is 1.81. The molecule has 1 aromatic heterocycles. The first-order chi connectivity index (χ1) is 6.74. The SMILES string of the molecule is CCNCCNC(=O)c1cc(I)c[nH]1.Cl. The van der Waals surface area contributed by atoms with E-state index in [0.717, 1.165) is 16.7 Å². The van der Waals surface area contributed by atoms with Crippen LogP contribution in [0.1, 0.15) is 17.4 Å². The fourth-order valence-corrected chi connectivity index (χ4v) is 1.50. The third kappa shape index (κ3) is 5.39. The summed E-state index contributed by atoms with van der Waals surface area (Å²) in [6, 6.07) is 1.82. The minimum atomic E-state index is -0.0502. The lowest BCUT2D eigenvalue weighted by molar-refractivity contribution is 0.0949. The zero-order chi connectivity index (χ0) is 10.4. The van der Waals surface area contributed by atoms with E-state index in [0.29, 0.717) is 12.2 Å². The van der Waals surface area contributed by atoms with Gasteiger partial charge in [0.25, 0.3) is 5.91 Å². The third-order valence-corrected chi connectivity index (χ3v) is 2.35. The Balaban J connectivity index is 0.00000196. The van der Waals surface area contributed by atoms with E-state index < -0.39 is 0 Å². The molecule has 0 spiro atoms. The predicted molar refractivity (Wildman–Crippen MR) is 71.6 cm³/mol. The second kappa shape index (κ2) is 7.95. The Bertz CT molecular complexity index is 303. The van der Waals surface area contributed by atoms with Crippen LogP contribution in [0.4, 0.5) is 0 Å². The first-order valence-electron chi connectivity index (χ1n) is 4.57. The number of nitrogens with one attached hydrogen (secondary N) is 3. The van der Waals surface area contributed by atoms with Gasteiger partial charge in [-0.1, -0.05) is 6.92 Å². The van der Waals surface area contributed by atoms with Gasteiger partial charge >= 0.3 is 0 Å². The molecule has 0 saturated carbocycles. The van der Waals surface area contributed by atoms with Crippen molar-refractivity contribution >= 4 is 40.9 Å². The number of amides is 1. The van der Waals surface area contributed by atoms with Crippen molar-refractivity contribution in [3.05, 3.63) is 21.5 Å². The van der Waals surface area contributed by atoms with Crippen LogP contribution in [-0.4, -0.2) is 30.5 Å². The first kappa shape index (κ1) is 14.7. The van der Waals surface area contributed by atoms with Gasteiger partial charge in [-0.3, -0.25) is 4.79 Å². The highest BCUT2D eigenvalue weighted by Crippen LogP contribution is 2.05. The number of hydrogen-bond donors (Lipinski definition) is 3. The number of aromatic amines is 1. The van der Waals surface area contributed by atoms with Crippen molar-refractivity contribution < 1.29 is 4.79 Å². The molecule has 1 heterocycles. The first-order valence-corrected chi connectivity index (χ1v) is 5.64. The van der Waals surface area contributed by atoms with Crippen LogP contribution in [0.5, 0.6) is 0 Å². The van der Waals surface area contributed by atoms with Gasteiger partial charge in [-0.15, -0.1) is 12.4 Å². The fraction of sp³-hybridized carbons (Fsp3) is 0.444. The van der Waals surface area contributed by atoms with Gasteiger partial charge < -0.3 is 15.6 Å². The van der Waals surface area contributed by atoms with Gasteiger partial charge in [0.1, 0.15) is 5.69 Å². The number of H-pyrrole nitrogens is 1. The maximum atomic E-state index is 11.4. The van der Waals surface area contributed by atoms with Gasteiger partial charge in [-0.25, -0.2) is 0 Å². The molecule has 86 valence electrons. The molecule has 1 amide bonds. The molecule has 0 atom stereocenters. The second-order valence-electron chi connectivity index (χ2n) is 2.84. The smallest absolute Gasteiger partial charge is 0.267 e. The zero-order valence-corrected chi connectivity index (χ0v) is 11.4. The molecular formula is C9H15ClIN3O. The van der Waals surface area contributed by atoms with Crippen LogP contribution in [0.2, 0.25) is 0 Å². The molecule has 0 fully saturated rings. The van der Waals surface area contributed by atoms with Crippen molar-refractivity contribution in [2.45, 2.75) is 6.92 Å². The average molecular weight is 344 g/mol. The van der Waals surface area contributed by atoms with Crippen molar-refractivity contribution in [1.82, 2.24) is 15.6 Å². The van der Waals surface area contributed by atoms with Crippen LogP contribution in [0.3, 0.4) is 0 Å². The largest absolute Gasteiger partial charge is 0.356 e. The molecule has 6 heteroatoms. The van der Waals surface area contributed by atoms with E-state index in [-0.39, 0.29) is 18.3 Å². The summed E-state index contributed by atoms with van der Waals surface area (Å²) in [5.74, 6) is -0.0502. The van der Waals surface area contributed by atoms with Crippen LogP contribution in [-0.2, 0) is 0 Å². The second-order valence-corrected chi connectivity index (χ2v) is 4.09. The molecule has 0 saturated heterocycles. The van der Waals surface area contributed by atoms with Crippen LogP contribution >= 0.6 is 35.0 Å². The predicted octanol–water partition coefficient (Wildman–Crippen LogP) is 1.38. The quantitative estimate of drug-likeness (QED) is 0.559. The molecule has 0 bridgehead atoms. The molecular weight excluding hydrogens is 328 g/mol. The van der Waals surface area contributed by atoms with Crippen molar-refractivity contribution in [3.8, 4) is 0 Å². The van der Waals surface area contributed by atoms with E-state index >= 15 is 0 Å². The molecule has 15 heavy (non-hydrogen) atoms. The molecule has 1 rings (SSSR count).